The topological polar surface area (TPSA) is 85.8 Å². The van der Waals surface area contributed by atoms with Crippen molar-refractivity contribution in [3.05, 3.63) is 84.6 Å². The van der Waals surface area contributed by atoms with Crippen molar-refractivity contribution in [2.24, 2.45) is 0 Å². The van der Waals surface area contributed by atoms with Crippen LogP contribution in [-0.4, -0.2) is 30.9 Å². The van der Waals surface area contributed by atoms with E-state index in [4.69, 9.17) is 4.42 Å². The van der Waals surface area contributed by atoms with Gasteiger partial charge in [-0.25, -0.2) is 0 Å². The maximum absolute atomic E-state index is 12.5. The molecule has 0 saturated carbocycles. The lowest BCUT2D eigenvalue weighted by Gasteiger charge is -2.14. The van der Waals surface area contributed by atoms with Gasteiger partial charge in [0, 0.05) is 18.0 Å². The summed E-state index contributed by atoms with van der Waals surface area (Å²) >= 11 is 1.38. The number of nitrogens with one attached hydrogen (secondary N) is 1. The Balaban J connectivity index is 1.54. The first-order valence-corrected chi connectivity index (χ1v) is 10.4. The summed E-state index contributed by atoms with van der Waals surface area (Å²) < 4.78 is 7.30. The summed E-state index contributed by atoms with van der Waals surface area (Å²) in [5.41, 5.74) is 2.06. The van der Waals surface area contributed by atoms with E-state index < -0.39 is 0 Å². The van der Waals surface area contributed by atoms with Crippen LogP contribution < -0.4 is 5.32 Å². The molecule has 0 aliphatic heterocycles. The molecule has 0 fully saturated rings. The van der Waals surface area contributed by atoms with Crippen molar-refractivity contribution in [1.82, 2.24) is 25.1 Å². The second-order valence-corrected chi connectivity index (χ2v) is 7.98. The average Bonchev–Trinajstić information content (AvgIpc) is 3.44. The Morgan fingerprint density at radius 1 is 1.10 bits per heavy atom. The van der Waals surface area contributed by atoms with Crippen LogP contribution in [0.5, 0.6) is 0 Å². The Labute approximate surface area is 178 Å². The lowest BCUT2D eigenvalue weighted by molar-refractivity contribution is -0.120. The molecule has 0 unspecified atom stereocenters. The Bertz CT molecular complexity index is 1080. The van der Waals surface area contributed by atoms with E-state index in [1.54, 1.807) is 24.7 Å². The molecule has 1 aromatic carbocycles. The van der Waals surface area contributed by atoms with Gasteiger partial charge >= 0.3 is 0 Å². The quantitative estimate of drug-likeness (QED) is 0.438. The van der Waals surface area contributed by atoms with Gasteiger partial charge in [0.1, 0.15) is 5.76 Å². The summed E-state index contributed by atoms with van der Waals surface area (Å²) in [6.07, 6.45) is 5.05. The fourth-order valence-corrected chi connectivity index (χ4v) is 3.81. The Morgan fingerprint density at radius 3 is 2.63 bits per heavy atom. The number of hydrogen-bond donors (Lipinski definition) is 1. The molecular weight excluding hydrogens is 398 g/mol. The summed E-state index contributed by atoms with van der Waals surface area (Å²) in [5, 5.41) is 12.0. The molecule has 0 radical (unpaired) electrons. The molecule has 0 bridgehead atoms. The number of thioether (sulfide) groups is 1. The second-order valence-electron chi connectivity index (χ2n) is 6.67. The van der Waals surface area contributed by atoms with Gasteiger partial charge in [0.25, 0.3) is 0 Å². The number of amides is 1. The molecule has 0 aliphatic carbocycles. The van der Waals surface area contributed by atoms with Crippen molar-refractivity contribution >= 4 is 17.7 Å². The molecule has 30 heavy (non-hydrogen) atoms. The summed E-state index contributed by atoms with van der Waals surface area (Å²) in [4.78, 5) is 16.6. The predicted octanol–water partition coefficient (Wildman–Crippen LogP) is 3.78. The minimum atomic E-state index is -0.344. The Hall–Kier alpha value is -3.39. The molecule has 1 atom stereocenters. The van der Waals surface area contributed by atoms with Gasteiger partial charge in [-0.15, -0.1) is 10.2 Å². The SMILES string of the molecule is C[C@@H](Sc1nnc(-c2ccncc2)n1Cc1ccccc1)C(=O)NCc1ccco1. The van der Waals surface area contributed by atoms with Crippen molar-refractivity contribution in [1.29, 1.82) is 0 Å². The third-order valence-electron chi connectivity index (χ3n) is 4.51. The van der Waals surface area contributed by atoms with E-state index in [1.807, 2.05) is 47.9 Å². The van der Waals surface area contributed by atoms with Crippen LogP contribution in [-0.2, 0) is 17.9 Å². The van der Waals surface area contributed by atoms with Gasteiger partial charge in [-0.2, -0.15) is 0 Å². The van der Waals surface area contributed by atoms with Gasteiger partial charge in [-0.05, 0) is 36.8 Å². The molecule has 3 heterocycles. The Kier molecular flexibility index (Phi) is 6.24. The molecule has 8 heteroatoms. The zero-order valence-corrected chi connectivity index (χ0v) is 17.2. The van der Waals surface area contributed by atoms with Crippen LogP contribution in [0.4, 0.5) is 0 Å². The average molecular weight is 420 g/mol. The summed E-state index contributed by atoms with van der Waals surface area (Å²) in [7, 11) is 0. The minimum Gasteiger partial charge on any atom is -0.467 e. The normalized spacial score (nSPS) is 11.9. The van der Waals surface area contributed by atoms with Crippen LogP contribution in [0.3, 0.4) is 0 Å². The summed E-state index contributed by atoms with van der Waals surface area (Å²) in [6.45, 7) is 2.82. The molecule has 7 nitrogen and oxygen atoms in total. The van der Waals surface area contributed by atoms with Gasteiger partial charge in [0.2, 0.25) is 5.91 Å². The first kappa shape index (κ1) is 19.9. The fraction of sp³-hybridized carbons (Fsp3) is 0.182. The number of hydrogen-bond acceptors (Lipinski definition) is 6. The highest BCUT2D eigenvalue weighted by Gasteiger charge is 2.21. The van der Waals surface area contributed by atoms with E-state index in [2.05, 4.69) is 32.6 Å². The van der Waals surface area contributed by atoms with E-state index in [0.29, 0.717) is 24.0 Å². The molecule has 1 amide bonds. The predicted molar refractivity (Wildman–Crippen MR) is 115 cm³/mol. The van der Waals surface area contributed by atoms with E-state index >= 15 is 0 Å². The highest BCUT2D eigenvalue weighted by Crippen LogP contribution is 2.27. The van der Waals surface area contributed by atoms with Crippen molar-refractivity contribution in [3.8, 4) is 11.4 Å². The number of rotatable bonds is 8. The molecule has 1 N–H and O–H groups in total. The summed E-state index contributed by atoms with van der Waals surface area (Å²) in [6, 6.07) is 17.5. The number of pyridine rings is 1. The van der Waals surface area contributed by atoms with E-state index in [0.717, 1.165) is 17.0 Å². The first-order chi connectivity index (χ1) is 14.7. The van der Waals surface area contributed by atoms with Crippen LogP contribution in [0.1, 0.15) is 18.2 Å². The molecule has 3 aromatic heterocycles. The molecular formula is C22H21N5O2S. The first-order valence-electron chi connectivity index (χ1n) is 9.55. The molecule has 0 saturated heterocycles. The molecule has 152 valence electrons. The van der Waals surface area contributed by atoms with Gasteiger partial charge in [0.15, 0.2) is 11.0 Å². The number of nitrogens with zero attached hydrogens (tertiary/aromatic N) is 4. The van der Waals surface area contributed by atoms with Crippen molar-refractivity contribution < 1.29 is 9.21 Å². The maximum Gasteiger partial charge on any atom is 0.233 e. The number of benzene rings is 1. The van der Waals surface area contributed by atoms with Crippen LogP contribution in [0.15, 0.2) is 82.8 Å². The van der Waals surface area contributed by atoms with E-state index in [1.165, 1.54) is 11.8 Å². The third-order valence-corrected chi connectivity index (χ3v) is 5.59. The molecule has 0 aliphatic rings. The number of aromatic nitrogens is 4. The zero-order valence-electron chi connectivity index (χ0n) is 16.4. The van der Waals surface area contributed by atoms with Crippen LogP contribution in [0.25, 0.3) is 11.4 Å². The number of carbonyl (C=O) groups is 1. The monoisotopic (exact) mass is 419 g/mol. The smallest absolute Gasteiger partial charge is 0.233 e. The van der Waals surface area contributed by atoms with E-state index in [9.17, 15) is 4.79 Å². The lowest BCUT2D eigenvalue weighted by Crippen LogP contribution is -2.30. The highest BCUT2D eigenvalue weighted by molar-refractivity contribution is 8.00. The molecule has 4 aromatic rings. The third kappa shape index (κ3) is 4.77. The Morgan fingerprint density at radius 2 is 1.90 bits per heavy atom. The lowest BCUT2D eigenvalue weighted by atomic mass is 10.2. The largest absolute Gasteiger partial charge is 0.467 e. The molecule has 0 spiro atoms. The second kappa shape index (κ2) is 9.41. The van der Waals surface area contributed by atoms with Crippen LogP contribution in [0, 0.1) is 0 Å². The highest BCUT2D eigenvalue weighted by atomic mass is 32.2. The van der Waals surface area contributed by atoms with Crippen molar-refractivity contribution in [3.63, 3.8) is 0 Å². The van der Waals surface area contributed by atoms with Crippen LogP contribution in [0.2, 0.25) is 0 Å². The van der Waals surface area contributed by atoms with Crippen molar-refractivity contribution in [2.75, 3.05) is 0 Å². The number of furan rings is 1. The van der Waals surface area contributed by atoms with Gasteiger partial charge in [0.05, 0.1) is 24.6 Å². The van der Waals surface area contributed by atoms with Crippen LogP contribution >= 0.6 is 11.8 Å². The van der Waals surface area contributed by atoms with Gasteiger partial charge in [-0.3, -0.25) is 14.3 Å². The molecule has 4 rings (SSSR count). The number of carbonyl (C=O) groups excluding carboxylic acids is 1. The minimum absolute atomic E-state index is 0.0869. The maximum atomic E-state index is 12.5. The van der Waals surface area contributed by atoms with Gasteiger partial charge in [-0.1, -0.05) is 42.1 Å². The van der Waals surface area contributed by atoms with Gasteiger partial charge < -0.3 is 9.73 Å². The van der Waals surface area contributed by atoms with Crippen molar-refractivity contribution in [2.45, 2.75) is 30.4 Å². The fourth-order valence-electron chi connectivity index (χ4n) is 2.94. The van der Waals surface area contributed by atoms with E-state index in [-0.39, 0.29) is 11.2 Å². The standard InChI is InChI=1S/C22H21N5O2S/c1-16(21(28)24-14-19-8-5-13-29-19)30-22-26-25-20(18-9-11-23-12-10-18)27(22)15-17-6-3-2-4-7-17/h2-13,16H,14-15H2,1H3,(H,24,28)/t16-/m1/s1. The summed E-state index contributed by atoms with van der Waals surface area (Å²) in [5.74, 6) is 1.37. The zero-order chi connectivity index (χ0) is 20.8.